The van der Waals surface area contributed by atoms with E-state index in [1.165, 1.54) is 31.3 Å². The Labute approximate surface area is 97.6 Å². The Bertz CT molecular complexity index is 470. The van der Waals surface area contributed by atoms with Gasteiger partial charge in [-0.1, -0.05) is 6.07 Å². The molecule has 0 atom stereocenters. The van der Waals surface area contributed by atoms with Crippen molar-refractivity contribution in [2.24, 2.45) is 5.73 Å². The van der Waals surface area contributed by atoms with Crippen LogP contribution in [0.25, 0.3) is 0 Å². The molecule has 3 N–H and O–H groups in total. The van der Waals surface area contributed by atoms with Gasteiger partial charge < -0.3 is 15.7 Å². The van der Waals surface area contributed by atoms with Gasteiger partial charge in [0.25, 0.3) is 5.91 Å². The van der Waals surface area contributed by atoms with Crippen LogP contribution in [0, 0.1) is 0 Å². The van der Waals surface area contributed by atoms with Gasteiger partial charge in [0.2, 0.25) is 5.91 Å². The number of carbonyl (C=O) groups excluding carboxylic acids is 2. The van der Waals surface area contributed by atoms with E-state index in [1.807, 2.05) is 0 Å². The highest BCUT2D eigenvalue weighted by atomic mass is 16.4. The first-order chi connectivity index (χ1) is 7.91. The molecule has 2 amide bonds. The van der Waals surface area contributed by atoms with Gasteiger partial charge in [0.1, 0.15) is 6.54 Å². The summed E-state index contributed by atoms with van der Waals surface area (Å²) in [5.74, 6) is -2.22. The minimum absolute atomic E-state index is 0.208. The van der Waals surface area contributed by atoms with Crippen molar-refractivity contribution in [1.82, 2.24) is 4.90 Å². The zero-order valence-corrected chi connectivity index (χ0v) is 9.21. The predicted octanol–water partition coefficient (Wildman–Crippen LogP) is -0.0579. The van der Waals surface area contributed by atoms with E-state index < -0.39 is 24.3 Å². The van der Waals surface area contributed by atoms with Crippen LogP contribution in [0.4, 0.5) is 0 Å². The van der Waals surface area contributed by atoms with Crippen molar-refractivity contribution < 1.29 is 19.5 Å². The number of benzene rings is 1. The molecule has 0 unspecified atom stereocenters. The number of aliphatic carboxylic acids is 1. The number of hydrogen-bond acceptors (Lipinski definition) is 3. The van der Waals surface area contributed by atoms with Gasteiger partial charge in [0, 0.05) is 18.2 Å². The number of carboxylic acids is 1. The molecule has 0 spiro atoms. The van der Waals surface area contributed by atoms with Crippen LogP contribution >= 0.6 is 0 Å². The fourth-order valence-corrected chi connectivity index (χ4v) is 1.30. The first-order valence-corrected chi connectivity index (χ1v) is 4.79. The number of carbonyl (C=O) groups is 3. The lowest BCUT2D eigenvalue weighted by molar-refractivity contribution is -0.137. The SMILES string of the molecule is CN(CC(=O)O)C(=O)c1cccc(C(N)=O)c1. The smallest absolute Gasteiger partial charge is 0.323 e. The lowest BCUT2D eigenvalue weighted by atomic mass is 10.1. The summed E-state index contributed by atoms with van der Waals surface area (Å²) in [4.78, 5) is 34.2. The summed E-state index contributed by atoms with van der Waals surface area (Å²) in [7, 11) is 1.37. The molecule has 0 saturated heterocycles. The number of amides is 2. The quantitative estimate of drug-likeness (QED) is 0.764. The second kappa shape index (κ2) is 5.11. The Morgan fingerprint density at radius 3 is 2.41 bits per heavy atom. The van der Waals surface area contributed by atoms with Crippen LogP contribution in [0.15, 0.2) is 24.3 Å². The van der Waals surface area contributed by atoms with Gasteiger partial charge in [-0.2, -0.15) is 0 Å². The van der Waals surface area contributed by atoms with Crippen molar-refractivity contribution in [3.63, 3.8) is 0 Å². The van der Waals surface area contributed by atoms with Crippen LogP contribution in [0.1, 0.15) is 20.7 Å². The summed E-state index contributed by atoms with van der Waals surface area (Å²) < 4.78 is 0. The fraction of sp³-hybridized carbons (Fsp3) is 0.182. The average Bonchev–Trinajstić information content (AvgIpc) is 2.27. The third-order valence-electron chi connectivity index (χ3n) is 2.11. The number of primary amides is 1. The molecule has 1 aromatic carbocycles. The summed E-state index contributed by atoms with van der Waals surface area (Å²) in [6, 6.07) is 5.83. The maximum absolute atomic E-state index is 11.8. The molecule has 6 heteroatoms. The molecule has 90 valence electrons. The second-order valence-corrected chi connectivity index (χ2v) is 3.50. The average molecular weight is 236 g/mol. The van der Waals surface area contributed by atoms with Crippen LogP contribution in [0.2, 0.25) is 0 Å². The summed E-state index contributed by atoms with van der Waals surface area (Å²) in [5, 5.41) is 8.55. The van der Waals surface area contributed by atoms with E-state index in [9.17, 15) is 14.4 Å². The Kier molecular flexibility index (Phi) is 3.82. The topological polar surface area (TPSA) is 101 Å². The summed E-state index contributed by atoms with van der Waals surface area (Å²) in [6.45, 7) is -0.403. The highest BCUT2D eigenvalue weighted by Gasteiger charge is 2.15. The Morgan fingerprint density at radius 2 is 1.88 bits per heavy atom. The maximum atomic E-state index is 11.8. The second-order valence-electron chi connectivity index (χ2n) is 3.50. The van der Waals surface area contributed by atoms with E-state index in [1.54, 1.807) is 0 Å². The van der Waals surface area contributed by atoms with Crippen molar-refractivity contribution in [2.45, 2.75) is 0 Å². The number of carboxylic acid groups (broad SMARTS) is 1. The number of likely N-dealkylation sites (N-methyl/N-ethyl adjacent to an activating group) is 1. The fourth-order valence-electron chi connectivity index (χ4n) is 1.30. The third-order valence-corrected chi connectivity index (χ3v) is 2.11. The molecule has 0 aliphatic heterocycles. The molecule has 0 aliphatic carbocycles. The van der Waals surface area contributed by atoms with Crippen LogP contribution in [0.5, 0.6) is 0 Å². The number of hydrogen-bond donors (Lipinski definition) is 2. The minimum atomic E-state index is -1.10. The van der Waals surface area contributed by atoms with Crippen molar-refractivity contribution in [2.75, 3.05) is 13.6 Å². The molecule has 1 rings (SSSR count). The van der Waals surface area contributed by atoms with E-state index in [2.05, 4.69) is 0 Å². The van der Waals surface area contributed by atoms with Gasteiger partial charge in [0.15, 0.2) is 0 Å². The van der Waals surface area contributed by atoms with Crippen LogP contribution in [-0.2, 0) is 4.79 Å². The van der Waals surface area contributed by atoms with Crippen molar-refractivity contribution in [1.29, 1.82) is 0 Å². The largest absolute Gasteiger partial charge is 0.480 e. The van der Waals surface area contributed by atoms with Gasteiger partial charge >= 0.3 is 5.97 Å². The Hall–Kier alpha value is -2.37. The van der Waals surface area contributed by atoms with Gasteiger partial charge in [-0.15, -0.1) is 0 Å². The maximum Gasteiger partial charge on any atom is 0.323 e. The molecular weight excluding hydrogens is 224 g/mol. The van der Waals surface area contributed by atoms with Crippen molar-refractivity contribution >= 4 is 17.8 Å². The van der Waals surface area contributed by atoms with E-state index in [0.29, 0.717) is 0 Å². The van der Waals surface area contributed by atoms with Gasteiger partial charge in [0.05, 0.1) is 0 Å². The number of nitrogens with two attached hydrogens (primary N) is 1. The van der Waals surface area contributed by atoms with Crippen LogP contribution in [-0.4, -0.2) is 41.4 Å². The highest BCUT2D eigenvalue weighted by molar-refractivity contribution is 5.99. The van der Waals surface area contributed by atoms with Crippen molar-refractivity contribution in [3.8, 4) is 0 Å². The summed E-state index contributed by atoms with van der Waals surface area (Å²) in [6.07, 6.45) is 0. The summed E-state index contributed by atoms with van der Waals surface area (Å²) in [5.41, 5.74) is 5.52. The van der Waals surface area contributed by atoms with Crippen molar-refractivity contribution in [3.05, 3.63) is 35.4 Å². The molecule has 0 fully saturated rings. The highest BCUT2D eigenvalue weighted by Crippen LogP contribution is 2.07. The standard InChI is InChI=1S/C11H12N2O4/c1-13(6-9(14)15)11(17)8-4-2-3-7(5-8)10(12)16/h2-5H,6H2,1H3,(H2,12,16)(H,14,15). The molecular formula is C11H12N2O4. The predicted molar refractivity (Wildman–Crippen MR) is 59.6 cm³/mol. The van der Waals surface area contributed by atoms with Gasteiger partial charge in [-0.3, -0.25) is 14.4 Å². The minimum Gasteiger partial charge on any atom is -0.480 e. The first-order valence-electron chi connectivity index (χ1n) is 4.79. The molecule has 0 heterocycles. The lowest BCUT2D eigenvalue weighted by Crippen LogP contribution is -2.32. The summed E-state index contributed by atoms with van der Waals surface area (Å²) >= 11 is 0. The van der Waals surface area contributed by atoms with Crippen LogP contribution in [0.3, 0.4) is 0 Å². The first kappa shape index (κ1) is 12.7. The normalized spacial score (nSPS) is 9.71. The number of rotatable bonds is 4. The lowest BCUT2D eigenvalue weighted by Gasteiger charge is -2.14. The Balaban J connectivity index is 2.92. The molecule has 0 radical (unpaired) electrons. The van der Waals surface area contributed by atoms with Gasteiger partial charge in [-0.05, 0) is 18.2 Å². The molecule has 0 aliphatic rings. The molecule has 0 aromatic heterocycles. The molecule has 1 aromatic rings. The third kappa shape index (κ3) is 3.30. The molecule has 17 heavy (non-hydrogen) atoms. The van der Waals surface area contributed by atoms with Crippen LogP contribution < -0.4 is 5.73 Å². The monoisotopic (exact) mass is 236 g/mol. The zero-order valence-electron chi connectivity index (χ0n) is 9.21. The van der Waals surface area contributed by atoms with E-state index in [4.69, 9.17) is 10.8 Å². The van der Waals surface area contributed by atoms with E-state index >= 15 is 0 Å². The van der Waals surface area contributed by atoms with E-state index in [-0.39, 0.29) is 11.1 Å². The van der Waals surface area contributed by atoms with E-state index in [0.717, 1.165) is 4.90 Å². The van der Waals surface area contributed by atoms with Gasteiger partial charge in [-0.25, -0.2) is 0 Å². The molecule has 6 nitrogen and oxygen atoms in total. The molecule has 0 saturated carbocycles. The zero-order chi connectivity index (χ0) is 13.0. The Morgan fingerprint density at radius 1 is 1.29 bits per heavy atom. The molecule has 0 bridgehead atoms. The number of nitrogens with zero attached hydrogens (tertiary/aromatic N) is 1.